The van der Waals surface area contributed by atoms with E-state index in [1.807, 2.05) is 30.3 Å². The monoisotopic (exact) mass is 501 g/mol. The van der Waals surface area contributed by atoms with E-state index in [0.29, 0.717) is 16.1 Å². The molecule has 0 atom stereocenters. The molecule has 0 aliphatic heterocycles. The molecule has 1 N–H and O–H groups in total. The minimum absolute atomic E-state index is 0.0604. The van der Waals surface area contributed by atoms with E-state index in [1.54, 1.807) is 35.6 Å². The second kappa shape index (κ2) is 8.06. The molecule has 1 aromatic heterocycles. The van der Waals surface area contributed by atoms with Crippen LogP contribution in [0.4, 0.5) is 5.69 Å². The molecule has 0 radical (unpaired) electrons. The fourth-order valence-electron chi connectivity index (χ4n) is 2.02. The smallest absolute Gasteiger partial charge is 0.195 e. The molecule has 122 valence electrons. The van der Waals surface area contributed by atoms with Gasteiger partial charge in [0.05, 0.1) is 13.7 Å². The van der Waals surface area contributed by atoms with Crippen molar-refractivity contribution < 1.29 is 4.79 Å². The van der Waals surface area contributed by atoms with Gasteiger partial charge in [0.1, 0.15) is 0 Å². The van der Waals surface area contributed by atoms with Crippen molar-refractivity contribution in [2.45, 2.75) is 4.21 Å². The number of rotatable bonds is 5. The van der Waals surface area contributed by atoms with Crippen molar-refractivity contribution in [1.82, 2.24) is 0 Å². The predicted molar refractivity (Wildman–Crippen MR) is 111 cm³/mol. The highest BCUT2D eigenvalue weighted by atomic mass is 79.9. The fourth-order valence-corrected chi connectivity index (χ4v) is 5.54. The SMILES string of the molecule is O=C(c1ccccc1)c1cc(Cl)ccc1NSc1cc(Br)c(Br)s1. The molecule has 3 rings (SSSR count). The van der Waals surface area contributed by atoms with Gasteiger partial charge >= 0.3 is 0 Å². The zero-order valence-corrected chi connectivity index (χ0v) is 17.6. The topological polar surface area (TPSA) is 29.1 Å². The molecule has 0 aliphatic rings. The van der Waals surface area contributed by atoms with Gasteiger partial charge in [-0.3, -0.25) is 4.79 Å². The third-order valence-corrected chi connectivity index (χ3v) is 7.57. The summed E-state index contributed by atoms with van der Waals surface area (Å²) < 4.78 is 6.36. The maximum absolute atomic E-state index is 12.8. The minimum Gasteiger partial charge on any atom is -0.324 e. The molecular weight excluding hydrogens is 494 g/mol. The molecule has 2 nitrogen and oxygen atoms in total. The van der Waals surface area contributed by atoms with Crippen molar-refractivity contribution >= 4 is 78.2 Å². The first-order chi connectivity index (χ1) is 11.5. The Balaban J connectivity index is 1.87. The van der Waals surface area contributed by atoms with Crippen LogP contribution in [0.25, 0.3) is 0 Å². The van der Waals surface area contributed by atoms with Gasteiger partial charge in [-0.2, -0.15) is 0 Å². The van der Waals surface area contributed by atoms with E-state index < -0.39 is 0 Å². The quantitative estimate of drug-likeness (QED) is 0.293. The van der Waals surface area contributed by atoms with Gasteiger partial charge in [0.2, 0.25) is 0 Å². The van der Waals surface area contributed by atoms with E-state index in [4.69, 9.17) is 11.6 Å². The number of hydrogen-bond acceptors (Lipinski definition) is 4. The molecule has 0 fully saturated rings. The van der Waals surface area contributed by atoms with Crippen molar-refractivity contribution in [1.29, 1.82) is 0 Å². The van der Waals surface area contributed by atoms with Gasteiger partial charge in [-0.25, -0.2) is 0 Å². The van der Waals surface area contributed by atoms with Crippen molar-refractivity contribution in [3.63, 3.8) is 0 Å². The number of halogens is 3. The Labute approximate surface area is 170 Å². The summed E-state index contributed by atoms with van der Waals surface area (Å²) in [4.78, 5) is 12.8. The summed E-state index contributed by atoms with van der Waals surface area (Å²) in [6.07, 6.45) is 0. The van der Waals surface area contributed by atoms with Crippen LogP contribution in [0.15, 0.2) is 67.1 Å². The van der Waals surface area contributed by atoms with Gasteiger partial charge in [-0.05, 0) is 68.1 Å². The zero-order valence-electron chi connectivity index (χ0n) is 12.1. The van der Waals surface area contributed by atoms with Crippen LogP contribution in [0.2, 0.25) is 5.02 Å². The minimum atomic E-state index is -0.0604. The van der Waals surface area contributed by atoms with Crippen LogP contribution in [0, 0.1) is 0 Å². The summed E-state index contributed by atoms with van der Waals surface area (Å²) in [7, 11) is 0. The molecule has 2 aromatic carbocycles. The summed E-state index contributed by atoms with van der Waals surface area (Å²) in [5.74, 6) is -0.0604. The van der Waals surface area contributed by atoms with Gasteiger partial charge < -0.3 is 4.72 Å². The van der Waals surface area contributed by atoms with Gasteiger partial charge in [-0.1, -0.05) is 41.9 Å². The number of anilines is 1. The van der Waals surface area contributed by atoms with Crippen molar-refractivity contribution in [2.75, 3.05) is 4.72 Å². The summed E-state index contributed by atoms with van der Waals surface area (Å²) >= 11 is 16.1. The summed E-state index contributed by atoms with van der Waals surface area (Å²) in [5, 5.41) is 0.534. The Bertz CT molecular complexity index is 864. The first-order valence-electron chi connectivity index (χ1n) is 6.81. The summed E-state index contributed by atoms with van der Waals surface area (Å²) in [5.41, 5.74) is 1.92. The normalized spacial score (nSPS) is 10.6. The number of ketones is 1. The second-order valence-corrected chi connectivity index (χ2v) is 9.54. The number of nitrogens with one attached hydrogen (secondary N) is 1. The first-order valence-corrected chi connectivity index (χ1v) is 10.4. The van der Waals surface area contributed by atoms with E-state index in [9.17, 15) is 4.79 Å². The average Bonchev–Trinajstić information content (AvgIpc) is 2.92. The van der Waals surface area contributed by atoms with Crippen molar-refractivity contribution in [3.8, 4) is 0 Å². The van der Waals surface area contributed by atoms with E-state index >= 15 is 0 Å². The molecule has 0 bridgehead atoms. The number of benzene rings is 2. The summed E-state index contributed by atoms with van der Waals surface area (Å²) in [6, 6.07) is 16.5. The lowest BCUT2D eigenvalue weighted by molar-refractivity contribution is 0.103. The zero-order chi connectivity index (χ0) is 17.1. The largest absolute Gasteiger partial charge is 0.324 e. The number of thiophene rings is 1. The standard InChI is InChI=1S/C17H10Br2ClNOS2/c18-13-9-15(23-17(13)19)24-21-14-7-6-11(20)8-12(14)16(22)10-4-2-1-3-5-10/h1-9,21H. The highest BCUT2D eigenvalue weighted by molar-refractivity contribution is 9.13. The van der Waals surface area contributed by atoms with Crippen LogP contribution < -0.4 is 4.72 Å². The van der Waals surface area contributed by atoms with Gasteiger partial charge in [-0.15, -0.1) is 11.3 Å². The van der Waals surface area contributed by atoms with Crippen LogP contribution in [0.3, 0.4) is 0 Å². The Morgan fingerprint density at radius 2 is 1.83 bits per heavy atom. The fraction of sp³-hybridized carbons (Fsp3) is 0. The van der Waals surface area contributed by atoms with Crippen LogP contribution >= 0.6 is 66.7 Å². The first kappa shape index (κ1) is 18.0. The molecule has 24 heavy (non-hydrogen) atoms. The predicted octanol–water partition coefficient (Wildman–Crippen LogP) is 7.28. The van der Waals surface area contributed by atoms with Crippen LogP contribution in [0.5, 0.6) is 0 Å². The number of carbonyl (C=O) groups excluding carboxylic acids is 1. The van der Waals surface area contributed by atoms with Gasteiger partial charge in [0, 0.05) is 20.6 Å². The molecule has 0 spiro atoms. The second-order valence-electron chi connectivity index (χ2n) is 4.78. The molecule has 0 saturated heterocycles. The van der Waals surface area contributed by atoms with Crippen molar-refractivity contribution in [2.24, 2.45) is 0 Å². The molecule has 7 heteroatoms. The summed E-state index contributed by atoms with van der Waals surface area (Å²) in [6.45, 7) is 0. The third-order valence-electron chi connectivity index (χ3n) is 3.15. The number of hydrogen-bond donors (Lipinski definition) is 1. The molecule has 0 aliphatic carbocycles. The molecule has 0 saturated carbocycles. The maximum atomic E-state index is 12.8. The average molecular weight is 504 g/mol. The Kier molecular flexibility index (Phi) is 6.05. The highest BCUT2D eigenvalue weighted by Gasteiger charge is 2.15. The number of carbonyl (C=O) groups is 1. The van der Waals surface area contributed by atoms with Crippen LogP contribution in [-0.2, 0) is 0 Å². The van der Waals surface area contributed by atoms with Gasteiger partial charge in [0.15, 0.2) is 5.78 Å². The molecular formula is C17H10Br2ClNOS2. The van der Waals surface area contributed by atoms with E-state index in [1.165, 1.54) is 11.9 Å². The van der Waals surface area contributed by atoms with E-state index in [2.05, 4.69) is 36.6 Å². The lowest BCUT2D eigenvalue weighted by Crippen LogP contribution is -2.04. The lowest BCUT2D eigenvalue weighted by Gasteiger charge is -2.10. The highest BCUT2D eigenvalue weighted by Crippen LogP contribution is 2.38. The molecule has 1 heterocycles. The van der Waals surface area contributed by atoms with E-state index in [-0.39, 0.29) is 5.78 Å². The maximum Gasteiger partial charge on any atom is 0.195 e. The van der Waals surface area contributed by atoms with E-state index in [0.717, 1.165) is 18.2 Å². The Morgan fingerprint density at radius 3 is 2.50 bits per heavy atom. The Morgan fingerprint density at radius 1 is 1.08 bits per heavy atom. The third kappa shape index (κ3) is 4.24. The van der Waals surface area contributed by atoms with Gasteiger partial charge in [0.25, 0.3) is 0 Å². The van der Waals surface area contributed by atoms with Crippen molar-refractivity contribution in [3.05, 3.63) is 79.0 Å². The lowest BCUT2D eigenvalue weighted by atomic mass is 10.0. The Hall–Kier alpha value is -0.790. The molecule has 0 amide bonds. The molecule has 3 aromatic rings. The van der Waals surface area contributed by atoms with Crippen LogP contribution in [0.1, 0.15) is 15.9 Å². The van der Waals surface area contributed by atoms with Crippen LogP contribution in [-0.4, -0.2) is 5.78 Å². The molecule has 0 unspecified atom stereocenters.